The van der Waals surface area contributed by atoms with Gasteiger partial charge in [0.25, 0.3) is 0 Å². The van der Waals surface area contributed by atoms with Crippen LogP contribution < -0.4 is 15.2 Å². The van der Waals surface area contributed by atoms with Crippen LogP contribution in [0.1, 0.15) is 5.56 Å². The molecule has 0 saturated carbocycles. The molecule has 0 radical (unpaired) electrons. The van der Waals surface area contributed by atoms with Gasteiger partial charge in [0.15, 0.2) is 0 Å². The van der Waals surface area contributed by atoms with Crippen LogP contribution in [-0.2, 0) is 6.54 Å². The second-order valence-corrected chi connectivity index (χ2v) is 3.05. The number of ether oxygens (including phenoxy) is 2. The van der Waals surface area contributed by atoms with E-state index in [-0.39, 0.29) is 0 Å². The molecule has 13 heavy (non-hydrogen) atoms. The number of hydrogen-bond donors (Lipinski definition) is 1. The van der Waals surface area contributed by atoms with E-state index >= 15 is 0 Å². The van der Waals surface area contributed by atoms with E-state index < -0.39 is 0 Å². The smallest absolute Gasteiger partial charge is 0.139 e. The van der Waals surface area contributed by atoms with E-state index in [1.807, 2.05) is 18.2 Å². The van der Waals surface area contributed by atoms with Gasteiger partial charge in [0.2, 0.25) is 0 Å². The molecular weight excluding hydrogens is 281 g/mol. The SMILES string of the molecule is COc1ccc(OCI)cc1CN. The lowest BCUT2D eigenvalue weighted by atomic mass is 10.2. The third-order valence-electron chi connectivity index (χ3n) is 1.69. The van der Waals surface area contributed by atoms with E-state index in [2.05, 4.69) is 22.6 Å². The van der Waals surface area contributed by atoms with E-state index in [9.17, 15) is 0 Å². The van der Waals surface area contributed by atoms with Crippen LogP contribution >= 0.6 is 22.6 Å². The normalized spacial score (nSPS) is 9.77. The van der Waals surface area contributed by atoms with E-state index in [4.69, 9.17) is 15.2 Å². The number of rotatable bonds is 4. The number of hydrogen-bond acceptors (Lipinski definition) is 3. The summed E-state index contributed by atoms with van der Waals surface area (Å²) in [5, 5.41) is 0. The fourth-order valence-corrected chi connectivity index (χ4v) is 1.43. The van der Waals surface area contributed by atoms with Crippen LogP contribution in [0.2, 0.25) is 0 Å². The molecule has 0 spiro atoms. The van der Waals surface area contributed by atoms with E-state index in [0.717, 1.165) is 17.1 Å². The second kappa shape index (κ2) is 5.29. The average molecular weight is 293 g/mol. The lowest BCUT2D eigenvalue weighted by Gasteiger charge is -2.08. The molecule has 0 aliphatic rings. The number of halogens is 1. The molecule has 0 fully saturated rings. The van der Waals surface area contributed by atoms with Crippen molar-refractivity contribution in [2.45, 2.75) is 6.54 Å². The molecule has 1 rings (SSSR count). The Labute approximate surface area is 91.4 Å². The Hall–Kier alpha value is -0.490. The zero-order chi connectivity index (χ0) is 9.68. The van der Waals surface area contributed by atoms with Crippen molar-refractivity contribution in [3.05, 3.63) is 23.8 Å². The number of methoxy groups -OCH3 is 1. The Bertz CT molecular complexity index is 278. The van der Waals surface area contributed by atoms with E-state index in [0.29, 0.717) is 11.2 Å². The summed E-state index contributed by atoms with van der Waals surface area (Å²) in [6.45, 7) is 0.460. The van der Waals surface area contributed by atoms with Crippen molar-refractivity contribution in [3.8, 4) is 11.5 Å². The number of nitrogens with two attached hydrogens (primary N) is 1. The highest BCUT2D eigenvalue weighted by Gasteiger charge is 2.02. The lowest BCUT2D eigenvalue weighted by Crippen LogP contribution is -2.00. The van der Waals surface area contributed by atoms with Crippen molar-refractivity contribution in [1.82, 2.24) is 0 Å². The van der Waals surface area contributed by atoms with Crippen LogP contribution in [0, 0.1) is 0 Å². The predicted molar refractivity (Wildman–Crippen MR) is 60.4 cm³/mol. The molecule has 0 aliphatic heterocycles. The maximum absolute atomic E-state index is 5.55. The van der Waals surface area contributed by atoms with Crippen LogP contribution in [0.3, 0.4) is 0 Å². The van der Waals surface area contributed by atoms with Crippen molar-refractivity contribution >= 4 is 22.6 Å². The summed E-state index contributed by atoms with van der Waals surface area (Å²) in [4.78, 5) is 0. The number of benzene rings is 1. The molecule has 0 atom stereocenters. The fourth-order valence-electron chi connectivity index (χ4n) is 1.07. The third kappa shape index (κ3) is 2.73. The number of alkyl halides is 1. The topological polar surface area (TPSA) is 44.5 Å². The Morgan fingerprint density at radius 3 is 2.77 bits per heavy atom. The maximum Gasteiger partial charge on any atom is 0.139 e. The van der Waals surface area contributed by atoms with Crippen molar-refractivity contribution in [2.75, 3.05) is 11.7 Å². The Balaban J connectivity index is 2.91. The second-order valence-electron chi connectivity index (χ2n) is 2.43. The summed E-state index contributed by atoms with van der Waals surface area (Å²) in [6.07, 6.45) is 0. The van der Waals surface area contributed by atoms with Crippen LogP contribution in [0.25, 0.3) is 0 Å². The summed E-state index contributed by atoms with van der Waals surface area (Å²) in [6, 6.07) is 5.64. The molecule has 2 N–H and O–H groups in total. The van der Waals surface area contributed by atoms with Gasteiger partial charge < -0.3 is 15.2 Å². The van der Waals surface area contributed by atoms with Crippen LogP contribution in [-0.4, -0.2) is 11.7 Å². The molecule has 0 aliphatic carbocycles. The zero-order valence-corrected chi connectivity index (χ0v) is 9.58. The van der Waals surface area contributed by atoms with E-state index in [1.54, 1.807) is 7.11 Å². The molecule has 0 bridgehead atoms. The van der Waals surface area contributed by atoms with Crippen LogP contribution in [0.15, 0.2) is 18.2 Å². The molecule has 0 aromatic heterocycles. The quantitative estimate of drug-likeness (QED) is 0.681. The van der Waals surface area contributed by atoms with Gasteiger partial charge >= 0.3 is 0 Å². The molecule has 0 saturated heterocycles. The lowest BCUT2D eigenvalue weighted by molar-refractivity contribution is 0.393. The third-order valence-corrected chi connectivity index (χ3v) is 2.00. The Morgan fingerprint density at radius 2 is 2.23 bits per heavy atom. The van der Waals surface area contributed by atoms with Gasteiger partial charge in [-0.3, -0.25) is 0 Å². The van der Waals surface area contributed by atoms with Crippen molar-refractivity contribution < 1.29 is 9.47 Å². The first-order valence-corrected chi connectivity index (χ1v) is 5.40. The van der Waals surface area contributed by atoms with Gasteiger partial charge in [0.1, 0.15) is 16.1 Å². The Kier molecular flexibility index (Phi) is 4.31. The molecular formula is C9H12INO2. The summed E-state index contributed by atoms with van der Waals surface area (Å²) in [7, 11) is 1.63. The fraction of sp³-hybridized carbons (Fsp3) is 0.333. The van der Waals surface area contributed by atoms with Gasteiger partial charge in [-0.25, -0.2) is 0 Å². The molecule has 1 aromatic rings. The highest BCUT2D eigenvalue weighted by atomic mass is 127. The monoisotopic (exact) mass is 293 g/mol. The van der Waals surface area contributed by atoms with Gasteiger partial charge in [-0.1, -0.05) is 0 Å². The molecule has 0 heterocycles. The van der Waals surface area contributed by atoms with Crippen molar-refractivity contribution in [3.63, 3.8) is 0 Å². The molecule has 1 aromatic carbocycles. The molecule has 72 valence electrons. The van der Waals surface area contributed by atoms with E-state index in [1.165, 1.54) is 0 Å². The average Bonchev–Trinajstić information content (AvgIpc) is 2.18. The summed E-state index contributed by atoms with van der Waals surface area (Å²) in [5.41, 5.74) is 6.52. The van der Waals surface area contributed by atoms with Crippen LogP contribution in [0.5, 0.6) is 11.5 Å². The summed E-state index contributed by atoms with van der Waals surface area (Å²) < 4.78 is 11.1. The minimum absolute atomic E-state index is 0.460. The first-order chi connectivity index (χ1) is 6.31. The van der Waals surface area contributed by atoms with Crippen molar-refractivity contribution in [2.24, 2.45) is 5.73 Å². The van der Waals surface area contributed by atoms with Crippen molar-refractivity contribution in [1.29, 1.82) is 0 Å². The van der Waals surface area contributed by atoms with Gasteiger partial charge in [0.05, 0.1) is 7.11 Å². The van der Waals surface area contributed by atoms with Gasteiger partial charge in [-0.05, 0) is 40.8 Å². The van der Waals surface area contributed by atoms with Crippen LogP contribution in [0.4, 0.5) is 0 Å². The maximum atomic E-state index is 5.55. The van der Waals surface area contributed by atoms with Gasteiger partial charge in [-0.15, -0.1) is 0 Å². The first kappa shape index (κ1) is 10.6. The predicted octanol–water partition coefficient (Wildman–Crippen LogP) is 1.93. The highest BCUT2D eigenvalue weighted by molar-refractivity contribution is 14.1. The van der Waals surface area contributed by atoms with Gasteiger partial charge in [-0.2, -0.15) is 0 Å². The summed E-state index contributed by atoms with van der Waals surface area (Å²) in [5.74, 6) is 1.64. The standard InChI is InChI=1S/C9H12INO2/c1-12-9-3-2-8(13-6-10)4-7(9)5-11/h2-4H,5-6,11H2,1H3. The van der Waals surface area contributed by atoms with Gasteiger partial charge in [0, 0.05) is 12.1 Å². The highest BCUT2D eigenvalue weighted by Crippen LogP contribution is 2.23. The molecule has 0 amide bonds. The molecule has 3 nitrogen and oxygen atoms in total. The zero-order valence-electron chi connectivity index (χ0n) is 7.42. The minimum Gasteiger partial charge on any atom is -0.496 e. The summed E-state index contributed by atoms with van der Waals surface area (Å²) >= 11 is 2.15. The molecule has 4 heteroatoms. The Morgan fingerprint density at radius 1 is 1.46 bits per heavy atom. The minimum atomic E-state index is 0.460. The first-order valence-electron chi connectivity index (χ1n) is 3.87. The molecule has 0 unspecified atom stereocenters. The largest absolute Gasteiger partial charge is 0.496 e.